The van der Waals surface area contributed by atoms with Gasteiger partial charge in [-0.3, -0.25) is 4.79 Å². The number of benzene rings is 1. The molecule has 0 saturated heterocycles. The van der Waals surface area contributed by atoms with Gasteiger partial charge in [0, 0.05) is 26.1 Å². The second kappa shape index (κ2) is 4.62. The van der Waals surface area contributed by atoms with Crippen LogP contribution in [0.25, 0.3) is 0 Å². The molecular formula is C10H13N2O. The van der Waals surface area contributed by atoms with Crippen molar-refractivity contribution in [1.29, 1.82) is 0 Å². The average molecular weight is 177 g/mol. The number of rotatable bonds is 3. The smallest absolute Gasteiger partial charge is 0.228 e. The Labute approximate surface area is 78.2 Å². The highest BCUT2D eigenvalue weighted by atomic mass is 16.2. The molecule has 0 bridgehead atoms. The summed E-state index contributed by atoms with van der Waals surface area (Å²) in [4.78, 5) is 12.9. The van der Waals surface area contributed by atoms with Crippen LogP contribution in [0.2, 0.25) is 0 Å². The number of para-hydroxylation sites is 1. The van der Waals surface area contributed by atoms with Crippen LogP contribution in [0.15, 0.2) is 24.3 Å². The third-order valence-corrected chi connectivity index (χ3v) is 1.79. The minimum atomic E-state index is 0.0185. The van der Waals surface area contributed by atoms with Crippen LogP contribution in [-0.4, -0.2) is 19.5 Å². The first kappa shape index (κ1) is 9.74. The topological polar surface area (TPSA) is 46.3 Å². The van der Waals surface area contributed by atoms with Crippen LogP contribution in [0.4, 0.5) is 5.69 Å². The minimum Gasteiger partial charge on any atom is -0.330 e. The van der Waals surface area contributed by atoms with Crippen molar-refractivity contribution in [2.45, 2.75) is 6.42 Å². The predicted molar refractivity (Wildman–Crippen MR) is 52.4 cm³/mol. The van der Waals surface area contributed by atoms with E-state index in [1.165, 1.54) is 0 Å². The maximum absolute atomic E-state index is 11.4. The van der Waals surface area contributed by atoms with Gasteiger partial charge in [-0.25, -0.2) is 0 Å². The molecule has 3 heteroatoms. The normalized spacial score (nSPS) is 9.69. The molecular weight excluding hydrogens is 164 g/mol. The summed E-state index contributed by atoms with van der Waals surface area (Å²) in [5.74, 6) is 0.0185. The molecule has 3 nitrogen and oxygen atoms in total. The molecule has 1 aromatic rings. The van der Waals surface area contributed by atoms with Crippen LogP contribution in [0, 0.1) is 6.07 Å². The Balaban J connectivity index is 2.68. The van der Waals surface area contributed by atoms with Crippen LogP contribution in [0.5, 0.6) is 0 Å². The lowest BCUT2D eigenvalue weighted by Gasteiger charge is -2.15. The van der Waals surface area contributed by atoms with Gasteiger partial charge in [0.1, 0.15) is 0 Å². The molecule has 0 aromatic heterocycles. The molecule has 0 unspecified atom stereocenters. The van der Waals surface area contributed by atoms with Crippen LogP contribution in [0.3, 0.4) is 0 Å². The zero-order valence-corrected chi connectivity index (χ0v) is 7.66. The van der Waals surface area contributed by atoms with Gasteiger partial charge in [-0.05, 0) is 6.07 Å². The van der Waals surface area contributed by atoms with E-state index in [1.54, 1.807) is 18.0 Å². The fourth-order valence-electron chi connectivity index (χ4n) is 1.02. The number of carbonyl (C=O) groups is 1. The van der Waals surface area contributed by atoms with Crippen LogP contribution in [-0.2, 0) is 4.79 Å². The number of carbonyl (C=O) groups excluding carboxylic acids is 1. The lowest BCUT2D eigenvalue weighted by atomic mass is 10.3. The van der Waals surface area contributed by atoms with Gasteiger partial charge in [0.05, 0.1) is 5.69 Å². The van der Waals surface area contributed by atoms with E-state index in [9.17, 15) is 4.79 Å². The van der Waals surface area contributed by atoms with Crippen molar-refractivity contribution in [1.82, 2.24) is 0 Å². The van der Waals surface area contributed by atoms with E-state index in [4.69, 9.17) is 5.73 Å². The first-order chi connectivity index (χ1) is 6.25. The van der Waals surface area contributed by atoms with Gasteiger partial charge >= 0.3 is 0 Å². The second-order valence-corrected chi connectivity index (χ2v) is 2.74. The van der Waals surface area contributed by atoms with Gasteiger partial charge in [-0.1, -0.05) is 18.2 Å². The Kier molecular flexibility index (Phi) is 3.46. The second-order valence-electron chi connectivity index (χ2n) is 2.74. The van der Waals surface area contributed by atoms with E-state index < -0.39 is 0 Å². The van der Waals surface area contributed by atoms with Crippen molar-refractivity contribution in [2.24, 2.45) is 5.73 Å². The van der Waals surface area contributed by atoms with Crippen molar-refractivity contribution in [3.63, 3.8) is 0 Å². The van der Waals surface area contributed by atoms with E-state index >= 15 is 0 Å². The molecule has 1 radical (unpaired) electrons. The Hall–Kier alpha value is -1.35. The van der Waals surface area contributed by atoms with Gasteiger partial charge in [0.2, 0.25) is 5.91 Å². The van der Waals surface area contributed by atoms with Crippen molar-refractivity contribution in [2.75, 3.05) is 18.5 Å². The molecule has 0 aliphatic rings. The highest BCUT2D eigenvalue weighted by molar-refractivity contribution is 5.92. The molecule has 0 saturated carbocycles. The Bertz CT molecular complexity index is 272. The number of anilines is 1. The van der Waals surface area contributed by atoms with E-state index in [1.807, 2.05) is 18.2 Å². The van der Waals surface area contributed by atoms with Crippen LogP contribution in [0.1, 0.15) is 6.42 Å². The number of hydrogen-bond acceptors (Lipinski definition) is 2. The highest BCUT2D eigenvalue weighted by Gasteiger charge is 2.08. The lowest BCUT2D eigenvalue weighted by molar-refractivity contribution is -0.118. The van der Waals surface area contributed by atoms with Crippen molar-refractivity contribution in [3.05, 3.63) is 30.3 Å². The largest absolute Gasteiger partial charge is 0.330 e. The maximum Gasteiger partial charge on any atom is 0.228 e. The Morgan fingerprint density at radius 1 is 1.62 bits per heavy atom. The SMILES string of the molecule is CN(C(=O)CCN)c1[c]cccc1. The first-order valence-corrected chi connectivity index (χ1v) is 4.19. The maximum atomic E-state index is 11.4. The Morgan fingerprint density at radius 3 is 2.92 bits per heavy atom. The first-order valence-electron chi connectivity index (χ1n) is 4.19. The number of nitrogens with zero attached hydrogens (tertiary/aromatic N) is 1. The van der Waals surface area contributed by atoms with Crippen LogP contribution >= 0.6 is 0 Å². The number of amides is 1. The Morgan fingerprint density at radius 2 is 2.38 bits per heavy atom. The standard InChI is InChI=1S/C10H13N2O/c1-12(10(13)7-8-11)9-5-3-2-4-6-9/h2-5H,7-8,11H2,1H3. The van der Waals surface area contributed by atoms with Crippen molar-refractivity contribution in [3.8, 4) is 0 Å². The summed E-state index contributed by atoms with van der Waals surface area (Å²) in [6.07, 6.45) is 0.374. The van der Waals surface area contributed by atoms with E-state index in [-0.39, 0.29) is 5.91 Å². The van der Waals surface area contributed by atoms with Gasteiger partial charge in [-0.15, -0.1) is 0 Å². The number of nitrogens with two attached hydrogens (primary N) is 1. The highest BCUT2D eigenvalue weighted by Crippen LogP contribution is 2.10. The molecule has 69 valence electrons. The third-order valence-electron chi connectivity index (χ3n) is 1.79. The molecule has 0 heterocycles. The molecule has 1 aromatic carbocycles. The van der Waals surface area contributed by atoms with Crippen LogP contribution < -0.4 is 10.6 Å². The summed E-state index contributed by atoms with van der Waals surface area (Å²) >= 11 is 0. The van der Waals surface area contributed by atoms with E-state index in [2.05, 4.69) is 6.07 Å². The minimum absolute atomic E-state index is 0.0185. The monoisotopic (exact) mass is 177 g/mol. The summed E-state index contributed by atoms with van der Waals surface area (Å²) < 4.78 is 0. The van der Waals surface area contributed by atoms with Gasteiger partial charge in [-0.2, -0.15) is 0 Å². The molecule has 1 rings (SSSR count). The van der Waals surface area contributed by atoms with E-state index in [0.29, 0.717) is 13.0 Å². The van der Waals surface area contributed by atoms with Crippen molar-refractivity contribution < 1.29 is 4.79 Å². The van der Waals surface area contributed by atoms with Crippen molar-refractivity contribution >= 4 is 11.6 Å². The summed E-state index contributed by atoms with van der Waals surface area (Å²) in [5, 5.41) is 0. The zero-order chi connectivity index (χ0) is 9.68. The molecule has 0 fully saturated rings. The third kappa shape index (κ3) is 2.56. The average Bonchev–Trinajstić information content (AvgIpc) is 2.18. The quantitative estimate of drug-likeness (QED) is 0.742. The fraction of sp³-hybridized carbons (Fsp3) is 0.300. The van der Waals surface area contributed by atoms with Gasteiger partial charge in [0.15, 0.2) is 0 Å². The summed E-state index contributed by atoms with van der Waals surface area (Å²) in [6, 6.07) is 10.3. The molecule has 0 aliphatic carbocycles. The summed E-state index contributed by atoms with van der Waals surface area (Å²) in [5.41, 5.74) is 6.07. The van der Waals surface area contributed by atoms with Gasteiger partial charge < -0.3 is 10.6 Å². The fourth-order valence-corrected chi connectivity index (χ4v) is 1.02. The summed E-state index contributed by atoms with van der Waals surface area (Å²) in [6.45, 7) is 0.385. The lowest BCUT2D eigenvalue weighted by Crippen LogP contribution is -2.28. The van der Waals surface area contributed by atoms with E-state index in [0.717, 1.165) is 5.69 Å². The molecule has 0 spiro atoms. The molecule has 0 aliphatic heterocycles. The zero-order valence-electron chi connectivity index (χ0n) is 7.66. The summed E-state index contributed by atoms with van der Waals surface area (Å²) in [7, 11) is 1.73. The predicted octanol–water partition coefficient (Wildman–Crippen LogP) is 0.798. The molecule has 2 N–H and O–H groups in total. The number of hydrogen-bond donors (Lipinski definition) is 1. The molecule has 1 amide bonds. The molecule has 0 atom stereocenters. The molecule has 13 heavy (non-hydrogen) atoms. The van der Waals surface area contributed by atoms with Gasteiger partial charge in [0.25, 0.3) is 0 Å².